The van der Waals surface area contributed by atoms with Crippen molar-refractivity contribution >= 4 is 46.0 Å². The molecule has 0 saturated heterocycles. The maximum atomic E-state index is 14.2. The van der Waals surface area contributed by atoms with Gasteiger partial charge in [0.2, 0.25) is 0 Å². The van der Waals surface area contributed by atoms with Gasteiger partial charge in [-0.05, 0) is 119 Å². The van der Waals surface area contributed by atoms with E-state index in [0.717, 1.165) is 22.6 Å². The van der Waals surface area contributed by atoms with Gasteiger partial charge >= 0.3 is 5.97 Å². The van der Waals surface area contributed by atoms with Crippen molar-refractivity contribution in [3.63, 3.8) is 0 Å². The normalized spacial score (nSPS) is 15.2. The molecule has 4 aromatic rings. The SMILES string of the molecule is CCOC(=O)C1=C(C)N=c2s/c(=C\c3cc(C)n(-c4ccc(I)c(C)c4)c3C)c(=O)n2[C@H]1c1ccccc1OC(C)C. The fraction of sp³-hybridized carbons (Fsp3) is 0.303. The maximum Gasteiger partial charge on any atom is 0.338 e. The van der Waals surface area contributed by atoms with Gasteiger partial charge in [0.25, 0.3) is 5.56 Å². The van der Waals surface area contributed by atoms with Crippen molar-refractivity contribution < 1.29 is 14.3 Å². The summed E-state index contributed by atoms with van der Waals surface area (Å²) in [5, 5.41) is 0. The maximum absolute atomic E-state index is 14.2. The van der Waals surface area contributed by atoms with Crippen LogP contribution in [0.1, 0.15) is 61.8 Å². The lowest BCUT2D eigenvalue weighted by atomic mass is 9.95. The van der Waals surface area contributed by atoms with Crippen LogP contribution in [0, 0.1) is 24.3 Å². The second kappa shape index (κ2) is 12.0. The lowest BCUT2D eigenvalue weighted by Crippen LogP contribution is -2.40. The van der Waals surface area contributed by atoms with E-state index in [2.05, 4.69) is 72.2 Å². The Bertz CT molecular complexity index is 1910. The molecule has 9 heteroatoms. The van der Waals surface area contributed by atoms with E-state index in [4.69, 9.17) is 14.5 Å². The lowest BCUT2D eigenvalue weighted by Gasteiger charge is -2.26. The minimum Gasteiger partial charge on any atom is -0.491 e. The van der Waals surface area contributed by atoms with Crippen LogP contribution in [0.2, 0.25) is 0 Å². The number of para-hydroxylation sites is 1. The highest BCUT2D eigenvalue weighted by Gasteiger charge is 2.35. The zero-order valence-corrected chi connectivity index (χ0v) is 27.8. The molecular weight excluding hydrogens is 661 g/mol. The predicted molar refractivity (Wildman–Crippen MR) is 175 cm³/mol. The second-order valence-electron chi connectivity index (χ2n) is 10.6. The van der Waals surface area contributed by atoms with Crippen molar-refractivity contribution in [1.82, 2.24) is 9.13 Å². The van der Waals surface area contributed by atoms with Crippen molar-refractivity contribution in [3.05, 3.63) is 111 Å². The van der Waals surface area contributed by atoms with Crippen LogP contribution in [-0.2, 0) is 9.53 Å². The van der Waals surface area contributed by atoms with Gasteiger partial charge in [-0.2, -0.15) is 0 Å². The molecular formula is C33H34IN3O4S. The number of aryl methyl sites for hydroxylation is 2. The van der Waals surface area contributed by atoms with E-state index in [1.54, 1.807) is 18.4 Å². The fourth-order valence-electron chi connectivity index (χ4n) is 5.39. The van der Waals surface area contributed by atoms with Gasteiger partial charge in [0.1, 0.15) is 11.8 Å². The number of benzene rings is 2. The smallest absolute Gasteiger partial charge is 0.338 e. The van der Waals surface area contributed by atoms with Crippen LogP contribution in [0.15, 0.2) is 69.6 Å². The van der Waals surface area contributed by atoms with Gasteiger partial charge < -0.3 is 14.0 Å². The Balaban J connectivity index is 1.71. The lowest BCUT2D eigenvalue weighted by molar-refractivity contribution is -0.139. The zero-order chi connectivity index (χ0) is 30.3. The van der Waals surface area contributed by atoms with Gasteiger partial charge in [-0.15, -0.1) is 0 Å². The Morgan fingerprint density at radius 2 is 1.86 bits per heavy atom. The first kappa shape index (κ1) is 30.0. The van der Waals surface area contributed by atoms with E-state index in [9.17, 15) is 9.59 Å². The predicted octanol–water partition coefficient (Wildman–Crippen LogP) is 5.91. The van der Waals surface area contributed by atoms with Crippen LogP contribution in [0.5, 0.6) is 5.75 Å². The molecule has 0 aliphatic carbocycles. The summed E-state index contributed by atoms with van der Waals surface area (Å²) in [5.74, 6) is 0.119. The number of carbonyl (C=O) groups excluding carboxylic acids is 1. The molecule has 0 spiro atoms. The number of hydrogen-bond donors (Lipinski definition) is 0. The minimum absolute atomic E-state index is 0.0924. The minimum atomic E-state index is -0.736. The van der Waals surface area contributed by atoms with Gasteiger partial charge in [0.05, 0.1) is 28.5 Å². The number of halogens is 1. The zero-order valence-electron chi connectivity index (χ0n) is 24.8. The Morgan fingerprint density at radius 3 is 2.55 bits per heavy atom. The van der Waals surface area contributed by atoms with Crippen LogP contribution in [0.3, 0.4) is 0 Å². The molecule has 0 N–H and O–H groups in total. The van der Waals surface area contributed by atoms with Crippen molar-refractivity contribution in [2.24, 2.45) is 4.99 Å². The Labute approximate surface area is 263 Å². The third-order valence-electron chi connectivity index (χ3n) is 7.25. The van der Waals surface area contributed by atoms with E-state index in [-0.39, 0.29) is 18.3 Å². The quantitative estimate of drug-likeness (QED) is 0.178. The molecule has 0 unspecified atom stereocenters. The molecule has 1 atom stereocenters. The van der Waals surface area contributed by atoms with Crippen molar-refractivity contribution in [2.75, 3.05) is 6.61 Å². The average Bonchev–Trinajstić information content (AvgIpc) is 3.39. The van der Waals surface area contributed by atoms with E-state index < -0.39 is 12.0 Å². The number of rotatable bonds is 7. The molecule has 0 bridgehead atoms. The fourth-order valence-corrected chi connectivity index (χ4v) is 6.77. The number of esters is 1. The van der Waals surface area contributed by atoms with E-state index in [1.165, 1.54) is 20.5 Å². The average molecular weight is 696 g/mol. The Morgan fingerprint density at radius 1 is 1.12 bits per heavy atom. The topological polar surface area (TPSA) is 74.8 Å². The first-order valence-corrected chi connectivity index (χ1v) is 15.8. The number of aromatic nitrogens is 2. The van der Waals surface area contributed by atoms with Crippen molar-refractivity contribution in [3.8, 4) is 11.4 Å². The molecule has 3 heterocycles. The number of carbonyl (C=O) groups is 1. The standard InChI is InChI=1S/C33H34IN3O4S/c1-8-40-32(39)29-21(6)35-33-37(30(29)25-11-9-10-12-27(25)41-18(2)3)31(38)28(42-33)17-23-16-20(5)36(22(23)7)24-13-14-26(34)19(4)15-24/h9-18,30H,8H2,1-7H3/b28-17-/t30-/m0/s1. The van der Waals surface area contributed by atoms with Crippen molar-refractivity contribution in [2.45, 2.75) is 60.6 Å². The molecule has 218 valence electrons. The number of nitrogens with zero attached hydrogens (tertiary/aromatic N) is 3. The largest absolute Gasteiger partial charge is 0.491 e. The molecule has 0 fully saturated rings. The molecule has 1 aliphatic rings. The first-order chi connectivity index (χ1) is 20.0. The number of ether oxygens (including phenoxy) is 2. The highest BCUT2D eigenvalue weighted by Crippen LogP contribution is 2.36. The van der Waals surface area contributed by atoms with Crippen LogP contribution in [0.4, 0.5) is 0 Å². The van der Waals surface area contributed by atoms with Crippen LogP contribution >= 0.6 is 33.9 Å². The third-order valence-corrected chi connectivity index (χ3v) is 9.44. The summed E-state index contributed by atoms with van der Waals surface area (Å²) in [6.45, 7) is 13.9. The molecule has 0 saturated carbocycles. The number of allylic oxidation sites excluding steroid dienone is 1. The van der Waals surface area contributed by atoms with Gasteiger partial charge in [-0.1, -0.05) is 29.5 Å². The van der Waals surface area contributed by atoms with Crippen LogP contribution in [-0.4, -0.2) is 27.8 Å². The van der Waals surface area contributed by atoms with Crippen molar-refractivity contribution in [1.29, 1.82) is 0 Å². The summed E-state index contributed by atoms with van der Waals surface area (Å²) in [7, 11) is 0. The summed E-state index contributed by atoms with van der Waals surface area (Å²) in [6, 6.07) is 15.3. The molecule has 42 heavy (non-hydrogen) atoms. The molecule has 2 aromatic carbocycles. The highest BCUT2D eigenvalue weighted by atomic mass is 127. The first-order valence-electron chi connectivity index (χ1n) is 13.9. The Kier molecular flexibility index (Phi) is 8.61. The Hall–Kier alpha value is -3.44. The van der Waals surface area contributed by atoms with Crippen LogP contribution < -0.4 is 19.6 Å². The van der Waals surface area contributed by atoms with Gasteiger partial charge in [0.15, 0.2) is 4.80 Å². The van der Waals surface area contributed by atoms with Gasteiger partial charge in [0, 0.05) is 26.2 Å². The highest BCUT2D eigenvalue weighted by molar-refractivity contribution is 14.1. The van der Waals surface area contributed by atoms with E-state index in [0.29, 0.717) is 31.9 Å². The number of hydrogen-bond acceptors (Lipinski definition) is 6. The third kappa shape index (κ3) is 5.51. The molecule has 0 amide bonds. The number of fused-ring (bicyclic) bond motifs is 1. The van der Waals surface area contributed by atoms with E-state index in [1.807, 2.05) is 44.2 Å². The molecule has 5 rings (SSSR count). The summed E-state index contributed by atoms with van der Waals surface area (Å²) in [5.41, 5.74) is 6.72. The second-order valence-corrected chi connectivity index (χ2v) is 12.8. The molecule has 2 aromatic heterocycles. The molecule has 7 nitrogen and oxygen atoms in total. The molecule has 0 radical (unpaired) electrons. The summed E-state index contributed by atoms with van der Waals surface area (Å²) < 4.78 is 17.2. The number of thiazole rings is 1. The summed E-state index contributed by atoms with van der Waals surface area (Å²) in [4.78, 5) is 32.7. The van der Waals surface area contributed by atoms with Gasteiger partial charge in [-0.3, -0.25) is 9.36 Å². The van der Waals surface area contributed by atoms with Crippen LogP contribution in [0.25, 0.3) is 11.8 Å². The molecule has 1 aliphatic heterocycles. The summed E-state index contributed by atoms with van der Waals surface area (Å²) in [6.07, 6.45) is 1.84. The van der Waals surface area contributed by atoms with Gasteiger partial charge in [-0.25, -0.2) is 9.79 Å². The summed E-state index contributed by atoms with van der Waals surface area (Å²) >= 11 is 3.66. The monoisotopic (exact) mass is 695 g/mol. The van der Waals surface area contributed by atoms with E-state index >= 15 is 0 Å².